The van der Waals surface area contributed by atoms with E-state index < -0.39 is 33.4 Å². The molecule has 182 valence electrons. The molecule has 1 aromatic carbocycles. The van der Waals surface area contributed by atoms with E-state index in [-0.39, 0.29) is 29.9 Å². The number of hydrazine groups is 1. The van der Waals surface area contributed by atoms with Crippen molar-refractivity contribution < 1.29 is 22.8 Å². The average Bonchev–Trinajstić information content (AvgIpc) is 2.97. The smallest absolute Gasteiger partial charge is 0.322 e. The van der Waals surface area contributed by atoms with Crippen molar-refractivity contribution in [2.24, 2.45) is 0 Å². The highest BCUT2D eigenvalue weighted by Gasteiger charge is 2.47. The first-order valence-corrected chi connectivity index (χ1v) is 12.5. The van der Waals surface area contributed by atoms with Crippen LogP contribution < -0.4 is 10.7 Å². The van der Waals surface area contributed by atoms with Gasteiger partial charge in [-0.05, 0) is 36.5 Å². The van der Waals surface area contributed by atoms with Gasteiger partial charge in [0.1, 0.15) is 5.54 Å². The molecule has 1 atom stereocenters. The highest BCUT2D eigenvalue weighted by Crippen LogP contribution is 2.25. The van der Waals surface area contributed by atoms with E-state index in [9.17, 15) is 22.8 Å². The van der Waals surface area contributed by atoms with Crippen LogP contribution in [0.2, 0.25) is 0 Å². The minimum atomic E-state index is -3.63. The molecular weight excluding hydrogens is 446 g/mol. The minimum absolute atomic E-state index is 0.0476. The summed E-state index contributed by atoms with van der Waals surface area (Å²) in [5.74, 6) is -1.01. The van der Waals surface area contributed by atoms with Gasteiger partial charge < -0.3 is 5.32 Å². The number of amides is 4. The number of rotatable bonds is 6. The summed E-state index contributed by atoms with van der Waals surface area (Å²) in [7, 11) is -3.63. The van der Waals surface area contributed by atoms with Crippen LogP contribution >= 0.6 is 0 Å². The number of hydrogen-bond donors (Lipinski definition) is 2. The number of urea groups is 1. The Labute approximate surface area is 195 Å². The molecule has 33 heavy (non-hydrogen) atoms. The first kappa shape index (κ1) is 25.1. The molecule has 0 spiro atoms. The van der Waals surface area contributed by atoms with Crippen LogP contribution in [-0.2, 0) is 25.0 Å². The lowest BCUT2D eigenvalue weighted by Crippen LogP contribution is -2.54. The highest BCUT2D eigenvalue weighted by molar-refractivity contribution is 7.89. The summed E-state index contributed by atoms with van der Waals surface area (Å²) in [4.78, 5) is 38.9. The second kappa shape index (κ2) is 9.03. The number of benzene rings is 1. The molecule has 2 heterocycles. The fourth-order valence-corrected chi connectivity index (χ4v) is 5.21. The van der Waals surface area contributed by atoms with Gasteiger partial charge in [-0.2, -0.15) is 9.31 Å². The molecule has 2 saturated heterocycles. The second-order valence-corrected chi connectivity index (χ2v) is 11.7. The number of sulfonamides is 1. The number of hydrogen-bond acceptors (Lipinski definition) is 6. The van der Waals surface area contributed by atoms with Crippen molar-refractivity contribution in [1.29, 1.82) is 0 Å². The van der Waals surface area contributed by atoms with Crippen molar-refractivity contribution in [3.63, 3.8) is 0 Å². The van der Waals surface area contributed by atoms with Gasteiger partial charge in [0.25, 0.3) is 11.8 Å². The summed E-state index contributed by atoms with van der Waals surface area (Å²) in [6.07, 6.45) is 0.402. The third-order valence-corrected chi connectivity index (χ3v) is 8.17. The minimum Gasteiger partial charge on any atom is -0.322 e. The molecule has 2 N–H and O–H groups in total. The Bertz CT molecular complexity index is 1030. The Morgan fingerprint density at radius 2 is 1.67 bits per heavy atom. The fourth-order valence-electron chi connectivity index (χ4n) is 3.79. The molecule has 2 aliphatic rings. The molecule has 0 saturated carbocycles. The SMILES string of the molecule is CCC1(C)NC(=O)N(NC(=O)CN2CCN(S(=O)(=O)c3ccc(C(C)(C)C)cc3)CC2)C1=O. The Hall–Kier alpha value is -2.50. The zero-order chi connectivity index (χ0) is 24.6. The summed E-state index contributed by atoms with van der Waals surface area (Å²) in [6, 6.07) is 6.29. The Morgan fingerprint density at radius 1 is 1.09 bits per heavy atom. The topological polar surface area (TPSA) is 119 Å². The van der Waals surface area contributed by atoms with E-state index in [4.69, 9.17) is 0 Å². The fraction of sp³-hybridized carbons (Fsp3) is 0.591. The maximum atomic E-state index is 13.0. The van der Waals surface area contributed by atoms with E-state index in [1.807, 2.05) is 12.1 Å². The molecule has 1 aromatic rings. The lowest BCUT2D eigenvalue weighted by Gasteiger charge is -2.33. The van der Waals surface area contributed by atoms with Crippen LogP contribution in [0.25, 0.3) is 0 Å². The van der Waals surface area contributed by atoms with Crippen molar-refractivity contribution in [2.45, 2.75) is 56.9 Å². The standard InChI is InChI=1S/C22H33N5O5S/c1-6-22(5)19(29)27(20(30)23-22)24-18(28)15-25-11-13-26(14-12-25)33(31,32)17-9-7-16(8-10-17)21(2,3)4/h7-10H,6,11-15H2,1-5H3,(H,23,30)(H,24,28). The molecule has 0 radical (unpaired) electrons. The third kappa shape index (κ3) is 5.20. The van der Waals surface area contributed by atoms with Gasteiger partial charge in [0.2, 0.25) is 10.0 Å². The van der Waals surface area contributed by atoms with Gasteiger partial charge in [-0.3, -0.25) is 19.9 Å². The predicted octanol–water partition coefficient (Wildman–Crippen LogP) is 1.04. The number of imide groups is 1. The Kier molecular flexibility index (Phi) is 6.88. The highest BCUT2D eigenvalue weighted by atomic mass is 32.2. The molecule has 3 rings (SSSR count). The van der Waals surface area contributed by atoms with E-state index in [2.05, 4.69) is 31.5 Å². The summed E-state index contributed by atoms with van der Waals surface area (Å²) in [6.45, 7) is 10.8. The van der Waals surface area contributed by atoms with E-state index in [1.165, 1.54) is 4.31 Å². The normalized spacial score (nSPS) is 23.0. The third-order valence-electron chi connectivity index (χ3n) is 6.26. The monoisotopic (exact) mass is 479 g/mol. The van der Waals surface area contributed by atoms with E-state index >= 15 is 0 Å². The quantitative estimate of drug-likeness (QED) is 0.589. The van der Waals surface area contributed by atoms with Gasteiger partial charge in [-0.1, -0.05) is 39.8 Å². The molecule has 2 fully saturated rings. The van der Waals surface area contributed by atoms with E-state index in [1.54, 1.807) is 30.9 Å². The molecule has 10 nitrogen and oxygen atoms in total. The molecular formula is C22H33N5O5S. The van der Waals surface area contributed by atoms with E-state index in [0.717, 1.165) is 5.56 Å². The predicted molar refractivity (Wildman–Crippen MR) is 123 cm³/mol. The number of piperazine rings is 1. The van der Waals surface area contributed by atoms with Gasteiger partial charge in [0.05, 0.1) is 11.4 Å². The summed E-state index contributed by atoms with van der Waals surface area (Å²) in [5, 5.41) is 3.29. The molecule has 11 heteroatoms. The van der Waals surface area contributed by atoms with Crippen molar-refractivity contribution >= 4 is 27.9 Å². The second-order valence-electron chi connectivity index (χ2n) is 9.75. The summed E-state index contributed by atoms with van der Waals surface area (Å²) in [5.41, 5.74) is 2.32. The van der Waals surface area contributed by atoms with Gasteiger partial charge in [-0.25, -0.2) is 13.2 Å². The van der Waals surface area contributed by atoms with Crippen molar-refractivity contribution in [1.82, 2.24) is 25.0 Å². The van der Waals surface area contributed by atoms with Gasteiger partial charge in [0, 0.05) is 26.2 Å². The lowest BCUT2D eigenvalue weighted by molar-refractivity contribution is -0.139. The maximum absolute atomic E-state index is 13.0. The van der Waals surface area contributed by atoms with E-state index in [0.29, 0.717) is 24.5 Å². The molecule has 0 bridgehead atoms. The van der Waals surface area contributed by atoms with Crippen LogP contribution in [-0.4, -0.2) is 78.7 Å². The molecule has 0 aliphatic carbocycles. The lowest BCUT2D eigenvalue weighted by atomic mass is 9.87. The number of nitrogens with one attached hydrogen (secondary N) is 2. The van der Waals surface area contributed by atoms with Crippen LogP contribution in [0.5, 0.6) is 0 Å². The number of carbonyl (C=O) groups is 3. The van der Waals surface area contributed by atoms with Gasteiger partial charge in [-0.15, -0.1) is 0 Å². The van der Waals surface area contributed by atoms with Crippen LogP contribution in [0, 0.1) is 0 Å². The van der Waals surface area contributed by atoms with Crippen LogP contribution in [0.15, 0.2) is 29.2 Å². The van der Waals surface area contributed by atoms with Gasteiger partial charge in [0.15, 0.2) is 0 Å². The summed E-state index contributed by atoms with van der Waals surface area (Å²) < 4.78 is 27.4. The first-order chi connectivity index (χ1) is 15.3. The molecule has 1 unspecified atom stereocenters. The summed E-state index contributed by atoms with van der Waals surface area (Å²) >= 11 is 0. The number of carbonyl (C=O) groups excluding carboxylic acids is 3. The zero-order valence-corrected chi connectivity index (χ0v) is 20.7. The van der Waals surface area contributed by atoms with Crippen molar-refractivity contribution in [2.75, 3.05) is 32.7 Å². The largest absolute Gasteiger partial charge is 0.344 e. The number of nitrogens with zero attached hydrogens (tertiary/aromatic N) is 3. The molecule has 4 amide bonds. The van der Waals surface area contributed by atoms with Crippen molar-refractivity contribution in [3.05, 3.63) is 29.8 Å². The van der Waals surface area contributed by atoms with Crippen molar-refractivity contribution in [3.8, 4) is 0 Å². The maximum Gasteiger partial charge on any atom is 0.344 e. The Morgan fingerprint density at radius 3 is 2.15 bits per heavy atom. The van der Waals surface area contributed by atoms with Crippen LogP contribution in [0.4, 0.5) is 4.79 Å². The van der Waals surface area contributed by atoms with Crippen LogP contribution in [0.1, 0.15) is 46.6 Å². The average molecular weight is 480 g/mol. The zero-order valence-electron chi connectivity index (χ0n) is 19.8. The molecule has 0 aromatic heterocycles. The molecule has 2 aliphatic heterocycles. The van der Waals surface area contributed by atoms with Crippen LogP contribution in [0.3, 0.4) is 0 Å². The van der Waals surface area contributed by atoms with Gasteiger partial charge >= 0.3 is 6.03 Å². The first-order valence-electron chi connectivity index (χ1n) is 11.1. The Balaban J connectivity index is 1.55.